The molecule has 0 aromatic rings. The molecule has 0 radical (unpaired) electrons. The van der Waals surface area contributed by atoms with Crippen LogP contribution in [0.2, 0.25) is 0 Å². The number of hydrogen-bond donors (Lipinski definition) is 1. The van der Waals surface area contributed by atoms with Crippen molar-refractivity contribution in [1.29, 1.82) is 0 Å². The van der Waals surface area contributed by atoms with Crippen LogP contribution in [0.25, 0.3) is 0 Å². The van der Waals surface area contributed by atoms with Crippen molar-refractivity contribution in [1.82, 2.24) is 10.2 Å². The minimum atomic E-state index is 0.912. The average molecular weight is 192 g/mol. The summed E-state index contributed by atoms with van der Waals surface area (Å²) in [6, 6.07) is 0. The molecule has 0 aromatic heterocycles. The molecule has 78 valence electrons. The molecule has 1 N–H and O–H groups in total. The van der Waals surface area contributed by atoms with Gasteiger partial charge in [0, 0.05) is 13.0 Å². The summed E-state index contributed by atoms with van der Waals surface area (Å²) in [6.07, 6.45) is 8.74. The number of likely N-dealkylation sites (tertiary alicyclic amines) is 1. The van der Waals surface area contributed by atoms with Crippen molar-refractivity contribution >= 4 is 0 Å². The van der Waals surface area contributed by atoms with Crippen LogP contribution in [0.5, 0.6) is 0 Å². The van der Waals surface area contributed by atoms with E-state index < -0.39 is 0 Å². The van der Waals surface area contributed by atoms with Gasteiger partial charge in [0.1, 0.15) is 0 Å². The molecule has 2 aliphatic rings. The van der Waals surface area contributed by atoms with Gasteiger partial charge in [0.2, 0.25) is 0 Å². The third kappa shape index (κ3) is 2.29. The highest BCUT2D eigenvalue weighted by atomic mass is 15.1. The van der Waals surface area contributed by atoms with Gasteiger partial charge in [-0.1, -0.05) is 0 Å². The van der Waals surface area contributed by atoms with Crippen LogP contribution in [-0.2, 0) is 0 Å². The molecule has 2 heteroatoms. The Kier molecular flexibility index (Phi) is 3.44. The normalized spacial score (nSPS) is 32.5. The fourth-order valence-corrected chi connectivity index (χ4v) is 2.72. The van der Waals surface area contributed by atoms with E-state index >= 15 is 0 Å². The van der Waals surface area contributed by atoms with E-state index in [2.05, 4.69) is 16.1 Å². The van der Waals surface area contributed by atoms with Crippen molar-refractivity contribution in [2.45, 2.75) is 19.3 Å². The lowest BCUT2D eigenvalue weighted by Gasteiger charge is -2.34. The SMILES string of the molecule is C#CCCCN1CCC2CNCC2C1. The highest BCUT2D eigenvalue weighted by molar-refractivity contribution is 4.88. The Bertz CT molecular complexity index is 219. The number of unbranched alkanes of at least 4 members (excludes halogenated alkanes) is 1. The second-order valence-electron chi connectivity index (χ2n) is 4.58. The van der Waals surface area contributed by atoms with E-state index in [4.69, 9.17) is 6.42 Å². The zero-order valence-electron chi connectivity index (χ0n) is 8.84. The van der Waals surface area contributed by atoms with Crippen LogP contribution in [0.3, 0.4) is 0 Å². The molecule has 0 aliphatic carbocycles. The molecular formula is C12H20N2. The molecule has 2 nitrogen and oxygen atoms in total. The first-order chi connectivity index (χ1) is 6.90. The van der Waals surface area contributed by atoms with Gasteiger partial charge in [-0.15, -0.1) is 12.3 Å². The van der Waals surface area contributed by atoms with Crippen LogP contribution in [0.4, 0.5) is 0 Å². The first-order valence-electron chi connectivity index (χ1n) is 5.76. The Morgan fingerprint density at radius 2 is 2.21 bits per heavy atom. The molecule has 2 unspecified atom stereocenters. The van der Waals surface area contributed by atoms with E-state index in [1.807, 2.05) is 0 Å². The first-order valence-corrected chi connectivity index (χ1v) is 5.76. The Labute approximate surface area is 87.1 Å². The van der Waals surface area contributed by atoms with E-state index in [0.29, 0.717) is 0 Å². The number of terminal acetylenes is 1. The summed E-state index contributed by atoms with van der Waals surface area (Å²) in [6.45, 7) is 6.27. The quantitative estimate of drug-likeness (QED) is 0.529. The molecule has 2 heterocycles. The second-order valence-corrected chi connectivity index (χ2v) is 4.58. The number of rotatable bonds is 3. The number of nitrogens with zero attached hydrogens (tertiary/aromatic N) is 1. The van der Waals surface area contributed by atoms with E-state index in [-0.39, 0.29) is 0 Å². The van der Waals surface area contributed by atoms with Gasteiger partial charge in [0.05, 0.1) is 0 Å². The maximum Gasteiger partial charge on any atom is 0.00982 e. The number of fused-ring (bicyclic) bond motifs is 1. The number of nitrogens with one attached hydrogen (secondary N) is 1. The fourth-order valence-electron chi connectivity index (χ4n) is 2.72. The summed E-state index contributed by atoms with van der Waals surface area (Å²) < 4.78 is 0. The van der Waals surface area contributed by atoms with E-state index in [1.165, 1.54) is 45.6 Å². The molecule has 0 saturated carbocycles. The molecule has 0 amide bonds. The van der Waals surface area contributed by atoms with Crippen LogP contribution in [0.1, 0.15) is 19.3 Å². The predicted octanol–water partition coefficient (Wildman–Crippen LogP) is 0.941. The van der Waals surface area contributed by atoms with Crippen LogP contribution < -0.4 is 5.32 Å². The summed E-state index contributed by atoms with van der Waals surface area (Å²) in [4.78, 5) is 2.59. The van der Waals surface area contributed by atoms with Crippen molar-refractivity contribution < 1.29 is 0 Å². The minimum Gasteiger partial charge on any atom is -0.316 e. The van der Waals surface area contributed by atoms with Crippen molar-refractivity contribution in [2.24, 2.45) is 11.8 Å². The predicted molar refractivity (Wildman–Crippen MR) is 59.0 cm³/mol. The molecule has 0 bridgehead atoms. The lowest BCUT2D eigenvalue weighted by Crippen LogP contribution is -2.40. The molecule has 2 aliphatic heterocycles. The summed E-state index contributed by atoms with van der Waals surface area (Å²) in [5.41, 5.74) is 0. The largest absolute Gasteiger partial charge is 0.316 e. The van der Waals surface area contributed by atoms with Crippen LogP contribution >= 0.6 is 0 Å². The van der Waals surface area contributed by atoms with Crippen molar-refractivity contribution in [3.63, 3.8) is 0 Å². The highest BCUT2D eigenvalue weighted by Crippen LogP contribution is 2.26. The van der Waals surface area contributed by atoms with Crippen molar-refractivity contribution in [3.8, 4) is 12.3 Å². The Balaban J connectivity index is 1.72. The van der Waals surface area contributed by atoms with Gasteiger partial charge in [-0.2, -0.15) is 0 Å². The van der Waals surface area contributed by atoms with Gasteiger partial charge in [-0.3, -0.25) is 0 Å². The van der Waals surface area contributed by atoms with Gasteiger partial charge in [0.15, 0.2) is 0 Å². The molecule has 2 fully saturated rings. The summed E-state index contributed by atoms with van der Waals surface area (Å²) in [5.74, 6) is 4.58. The topological polar surface area (TPSA) is 15.3 Å². The van der Waals surface area contributed by atoms with Gasteiger partial charge in [-0.05, 0) is 50.9 Å². The lowest BCUT2D eigenvalue weighted by atomic mass is 9.88. The number of hydrogen-bond acceptors (Lipinski definition) is 2. The fraction of sp³-hybridized carbons (Fsp3) is 0.833. The highest BCUT2D eigenvalue weighted by Gasteiger charge is 2.32. The van der Waals surface area contributed by atoms with Gasteiger partial charge in [-0.25, -0.2) is 0 Å². The molecule has 14 heavy (non-hydrogen) atoms. The maximum absolute atomic E-state index is 5.25. The third-order valence-corrected chi connectivity index (χ3v) is 3.58. The van der Waals surface area contributed by atoms with Gasteiger partial charge < -0.3 is 10.2 Å². The Morgan fingerprint density at radius 1 is 1.36 bits per heavy atom. The van der Waals surface area contributed by atoms with Gasteiger partial charge >= 0.3 is 0 Å². The van der Waals surface area contributed by atoms with E-state index in [9.17, 15) is 0 Å². The standard InChI is InChI=1S/C12H20N2/c1-2-3-4-6-14-7-5-11-8-13-9-12(11)10-14/h1,11-13H,3-10H2. The second kappa shape index (κ2) is 4.82. The first kappa shape index (κ1) is 10.0. The molecule has 0 aromatic carbocycles. The van der Waals surface area contributed by atoms with Crippen molar-refractivity contribution in [2.75, 3.05) is 32.7 Å². The summed E-state index contributed by atoms with van der Waals surface area (Å²) in [5, 5.41) is 3.49. The van der Waals surface area contributed by atoms with Crippen LogP contribution in [0, 0.1) is 24.2 Å². The Hall–Kier alpha value is -0.520. The number of piperidine rings is 1. The monoisotopic (exact) mass is 192 g/mol. The molecule has 2 rings (SSSR count). The smallest absolute Gasteiger partial charge is 0.00982 e. The van der Waals surface area contributed by atoms with E-state index in [0.717, 1.165) is 18.3 Å². The summed E-state index contributed by atoms with van der Waals surface area (Å²) in [7, 11) is 0. The average Bonchev–Trinajstić information content (AvgIpc) is 2.65. The van der Waals surface area contributed by atoms with E-state index in [1.54, 1.807) is 0 Å². The van der Waals surface area contributed by atoms with Crippen molar-refractivity contribution in [3.05, 3.63) is 0 Å². The molecule has 2 atom stereocenters. The lowest BCUT2D eigenvalue weighted by molar-refractivity contribution is 0.148. The van der Waals surface area contributed by atoms with Gasteiger partial charge in [0.25, 0.3) is 0 Å². The summed E-state index contributed by atoms with van der Waals surface area (Å²) >= 11 is 0. The van der Waals surface area contributed by atoms with Crippen LogP contribution in [0.15, 0.2) is 0 Å². The minimum absolute atomic E-state index is 0.912. The zero-order valence-corrected chi connectivity index (χ0v) is 8.84. The molecule has 0 spiro atoms. The van der Waals surface area contributed by atoms with Crippen LogP contribution in [-0.4, -0.2) is 37.6 Å². The molecular weight excluding hydrogens is 172 g/mol. The zero-order chi connectivity index (χ0) is 9.80. The molecule has 2 saturated heterocycles. The third-order valence-electron chi connectivity index (χ3n) is 3.58. The Morgan fingerprint density at radius 3 is 3.07 bits per heavy atom. The maximum atomic E-state index is 5.25.